The highest BCUT2D eigenvalue weighted by Gasteiger charge is 2.19. The number of aromatic nitrogens is 1. The average molecular weight is 437 g/mol. The summed E-state index contributed by atoms with van der Waals surface area (Å²) in [4.78, 5) is 17.1. The Bertz CT molecular complexity index is 704. The van der Waals surface area contributed by atoms with E-state index in [2.05, 4.69) is 18.0 Å². The third kappa shape index (κ3) is 8.57. The van der Waals surface area contributed by atoms with Gasteiger partial charge in [0.25, 0.3) is 0 Å². The summed E-state index contributed by atoms with van der Waals surface area (Å²) in [5, 5.41) is 10.1. The Balaban J connectivity index is 1.91. The average Bonchev–Trinajstić information content (AvgIpc) is 2.72. The van der Waals surface area contributed by atoms with Gasteiger partial charge in [-0.15, -0.1) is 0 Å². The normalized spacial score (nSPS) is 14.3. The van der Waals surface area contributed by atoms with Crippen molar-refractivity contribution in [3.05, 3.63) is 22.9 Å². The van der Waals surface area contributed by atoms with E-state index < -0.39 is 0 Å². The fourth-order valence-corrected chi connectivity index (χ4v) is 4.87. The number of pyridine rings is 1. The summed E-state index contributed by atoms with van der Waals surface area (Å²) in [5.41, 5.74) is 2.80. The van der Waals surface area contributed by atoms with Crippen LogP contribution in [0.4, 0.5) is 0 Å². The largest absolute Gasteiger partial charge is 0.458 e. The zero-order chi connectivity index (χ0) is 21.1. The molecule has 0 aromatic carbocycles. The standard InChI is InChI=1S/C22H32N2O3S2/c1-4-5-10-28-14-19(13-26-16(2)3)27-21(25)15-29-22-18(12-23)11-17-8-6-7-9-20(17)24-22/h11,16,19H,4-10,13-15H2,1-3H3. The summed E-state index contributed by atoms with van der Waals surface area (Å²) in [5.74, 6) is 1.67. The summed E-state index contributed by atoms with van der Waals surface area (Å²) in [6.07, 6.45) is 6.38. The number of nitriles is 1. The van der Waals surface area contributed by atoms with Crippen LogP contribution in [0.5, 0.6) is 0 Å². The van der Waals surface area contributed by atoms with Gasteiger partial charge in [0.15, 0.2) is 0 Å². The van der Waals surface area contributed by atoms with Gasteiger partial charge in [-0.3, -0.25) is 4.79 Å². The van der Waals surface area contributed by atoms with Crippen LogP contribution in [0.2, 0.25) is 0 Å². The zero-order valence-electron chi connectivity index (χ0n) is 17.7. The SMILES string of the molecule is CCCCSCC(COC(C)C)OC(=O)CSc1nc2c(cc1C#N)CCCC2. The van der Waals surface area contributed by atoms with E-state index >= 15 is 0 Å². The van der Waals surface area contributed by atoms with Crippen molar-refractivity contribution in [2.75, 3.05) is 23.9 Å². The van der Waals surface area contributed by atoms with Gasteiger partial charge in [0.2, 0.25) is 0 Å². The first kappa shape index (κ1) is 24.0. The lowest BCUT2D eigenvalue weighted by Crippen LogP contribution is -2.28. The van der Waals surface area contributed by atoms with Crippen molar-refractivity contribution in [1.82, 2.24) is 4.98 Å². The number of unbranched alkanes of at least 4 members (excludes halogenated alkanes) is 1. The molecule has 2 rings (SSSR count). The minimum absolute atomic E-state index is 0.101. The van der Waals surface area contributed by atoms with Gasteiger partial charge >= 0.3 is 5.97 Å². The Morgan fingerprint density at radius 2 is 2.14 bits per heavy atom. The van der Waals surface area contributed by atoms with Crippen molar-refractivity contribution >= 4 is 29.5 Å². The van der Waals surface area contributed by atoms with E-state index in [4.69, 9.17) is 9.47 Å². The van der Waals surface area contributed by atoms with Gasteiger partial charge in [-0.2, -0.15) is 17.0 Å². The molecule has 29 heavy (non-hydrogen) atoms. The van der Waals surface area contributed by atoms with Crippen LogP contribution in [0, 0.1) is 11.3 Å². The van der Waals surface area contributed by atoms with Gasteiger partial charge in [0, 0.05) is 11.4 Å². The van der Waals surface area contributed by atoms with Crippen LogP contribution in [0.3, 0.4) is 0 Å². The lowest BCUT2D eigenvalue weighted by Gasteiger charge is -2.19. The Morgan fingerprint density at radius 3 is 2.86 bits per heavy atom. The summed E-state index contributed by atoms with van der Waals surface area (Å²) in [6, 6.07) is 4.17. The minimum Gasteiger partial charge on any atom is -0.458 e. The Kier molecular flexibility index (Phi) is 10.9. The van der Waals surface area contributed by atoms with Crippen LogP contribution in [0.1, 0.15) is 63.3 Å². The first-order valence-electron chi connectivity index (χ1n) is 10.5. The number of thioether (sulfide) groups is 2. The summed E-state index contributed by atoms with van der Waals surface area (Å²) >= 11 is 3.09. The first-order chi connectivity index (χ1) is 14.0. The third-order valence-corrected chi connectivity index (χ3v) is 6.72. The smallest absolute Gasteiger partial charge is 0.316 e. The summed E-state index contributed by atoms with van der Waals surface area (Å²) in [7, 11) is 0. The predicted octanol–water partition coefficient (Wildman–Crippen LogP) is 4.79. The molecule has 160 valence electrons. The molecule has 0 saturated carbocycles. The Labute approximate surface area is 183 Å². The highest BCUT2D eigenvalue weighted by Crippen LogP contribution is 2.27. The van der Waals surface area contributed by atoms with E-state index in [1.807, 2.05) is 19.9 Å². The molecule has 1 atom stereocenters. The molecule has 0 amide bonds. The topological polar surface area (TPSA) is 72.2 Å². The number of esters is 1. The van der Waals surface area contributed by atoms with E-state index in [9.17, 15) is 10.1 Å². The molecule has 5 nitrogen and oxygen atoms in total. The maximum Gasteiger partial charge on any atom is 0.316 e. The third-order valence-electron chi connectivity index (χ3n) is 4.57. The molecule has 0 bridgehead atoms. The number of nitrogens with zero attached hydrogens (tertiary/aromatic N) is 2. The first-order valence-corrected chi connectivity index (χ1v) is 12.6. The van der Waals surface area contributed by atoms with Crippen LogP contribution in [0.25, 0.3) is 0 Å². The quantitative estimate of drug-likeness (QED) is 0.265. The van der Waals surface area contributed by atoms with Crippen molar-refractivity contribution in [3.63, 3.8) is 0 Å². The van der Waals surface area contributed by atoms with Crippen molar-refractivity contribution in [3.8, 4) is 6.07 Å². The van der Waals surface area contributed by atoms with E-state index in [1.165, 1.54) is 17.3 Å². The monoisotopic (exact) mass is 436 g/mol. The van der Waals surface area contributed by atoms with Crippen molar-refractivity contribution in [2.24, 2.45) is 0 Å². The molecular weight excluding hydrogens is 404 g/mol. The fraction of sp³-hybridized carbons (Fsp3) is 0.682. The molecular formula is C22H32N2O3S2. The molecule has 1 aliphatic rings. The van der Waals surface area contributed by atoms with Crippen molar-refractivity contribution in [1.29, 1.82) is 5.26 Å². The second-order valence-electron chi connectivity index (χ2n) is 7.48. The molecule has 1 heterocycles. The highest BCUT2D eigenvalue weighted by atomic mass is 32.2. The fourth-order valence-electron chi connectivity index (χ4n) is 3.03. The molecule has 1 aromatic heterocycles. The van der Waals surface area contributed by atoms with E-state index in [-0.39, 0.29) is 23.9 Å². The highest BCUT2D eigenvalue weighted by molar-refractivity contribution is 8.00. The molecule has 0 spiro atoms. The number of hydrogen-bond donors (Lipinski definition) is 0. The molecule has 1 unspecified atom stereocenters. The second kappa shape index (κ2) is 13.1. The van der Waals surface area contributed by atoms with Crippen LogP contribution in [0.15, 0.2) is 11.1 Å². The minimum atomic E-state index is -0.285. The molecule has 0 radical (unpaired) electrons. The number of carbonyl (C=O) groups is 1. The predicted molar refractivity (Wildman–Crippen MR) is 120 cm³/mol. The van der Waals surface area contributed by atoms with Crippen LogP contribution >= 0.6 is 23.5 Å². The van der Waals surface area contributed by atoms with Gasteiger partial charge in [-0.1, -0.05) is 25.1 Å². The number of aryl methyl sites for hydroxylation is 2. The molecule has 1 aliphatic carbocycles. The lowest BCUT2D eigenvalue weighted by atomic mass is 9.95. The number of rotatable bonds is 12. The van der Waals surface area contributed by atoms with Gasteiger partial charge < -0.3 is 9.47 Å². The van der Waals surface area contributed by atoms with Gasteiger partial charge in [0.05, 0.1) is 24.0 Å². The zero-order valence-corrected chi connectivity index (χ0v) is 19.4. The summed E-state index contributed by atoms with van der Waals surface area (Å²) < 4.78 is 11.3. The van der Waals surface area contributed by atoms with Gasteiger partial charge in [-0.25, -0.2) is 4.98 Å². The van der Waals surface area contributed by atoms with E-state index in [0.717, 1.165) is 55.7 Å². The maximum absolute atomic E-state index is 12.4. The Hall–Kier alpha value is -1.23. The van der Waals surface area contributed by atoms with Gasteiger partial charge in [0.1, 0.15) is 17.2 Å². The number of ether oxygens (including phenoxy) is 2. The van der Waals surface area contributed by atoms with Crippen LogP contribution < -0.4 is 0 Å². The molecule has 0 aliphatic heterocycles. The lowest BCUT2D eigenvalue weighted by molar-refractivity contribution is -0.148. The van der Waals surface area contributed by atoms with E-state index in [1.54, 1.807) is 11.8 Å². The van der Waals surface area contributed by atoms with E-state index in [0.29, 0.717) is 17.2 Å². The number of hydrogen-bond acceptors (Lipinski definition) is 7. The van der Waals surface area contributed by atoms with Crippen molar-refractivity contribution < 1.29 is 14.3 Å². The molecule has 0 N–H and O–H groups in total. The number of carbonyl (C=O) groups excluding carboxylic acids is 1. The molecule has 1 aromatic rings. The summed E-state index contributed by atoms with van der Waals surface area (Å²) in [6.45, 7) is 6.53. The molecule has 0 fully saturated rings. The maximum atomic E-state index is 12.4. The molecule has 0 saturated heterocycles. The molecule has 7 heteroatoms. The van der Waals surface area contributed by atoms with Crippen LogP contribution in [-0.2, 0) is 27.1 Å². The van der Waals surface area contributed by atoms with Gasteiger partial charge in [-0.05, 0) is 63.3 Å². The second-order valence-corrected chi connectivity index (χ2v) is 9.59. The number of fused-ring (bicyclic) bond motifs is 1. The Morgan fingerprint density at radius 1 is 1.34 bits per heavy atom. The van der Waals surface area contributed by atoms with Crippen LogP contribution in [-0.4, -0.2) is 47.0 Å². The van der Waals surface area contributed by atoms with Crippen molar-refractivity contribution in [2.45, 2.75) is 76.5 Å².